The first-order valence-electron chi connectivity index (χ1n) is 15.7. The topological polar surface area (TPSA) is 118 Å². The van der Waals surface area contributed by atoms with Gasteiger partial charge in [0.2, 0.25) is 11.8 Å². The van der Waals surface area contributed by atoms with E-state index in [1.165, 1.54) is 4.90 Å². The van der Waals surface area contributed by atoms with Gasteiger partial charge in [0.05, 0.1) is 18.4 Å². The van der Waals surface area contributed by atoms with Crippen molar-refractivity contribution in [2.24, 2.45) is 0 Å². The third kappa shape index (κ3) is 10.8. The molecule has 2 aromatic rings. The van der Waals surface area contributed by atoms with Crippen LogP contribution in [0.15, 0.2) is 36.7 Å². The maximum atomic E-state index is 13.8. The number of aryl methyl sites for hydroxylation is 1. The van der Waals surface area contributed by atoms with Crippen LogP contribution in [0.1, 0.15) is 68.8 Å². The Balaban J connectivity index is 1.75. The van der Waals surface area contributed by atoms with E-state index < -0.39 is 11.6 Å². The SMILES string of the molecule is Cc1cnn(CC(=O)N(C)CCC[C@H]2C(=O)N(C)CCCCN(C(=O)OC(C)(C)C)CCCOc3ccccc3C(=O)N2C)c1. The molecule has 1 aromatic heterocycles. The standard InChI is InChI=1S/C33H50N6O6/c1-25-22-34-39(23-25)24-29(40)35(5)18-12-15-27-31(42)36(6)17-10-11-19-38(32(43)45-33(2,3)4)20-13-21-44-28-16-9-8-14-26(28)30(41)37(27)7/h8-9,14,16,22-23,27H,10-13,15,17-21,24H2,1-7H3/t27-/m0/s1. The van der Waals surface area contributed by atoms with Crippen molar-refractivity contribution in [1.29, 1.82) is 0 Å². The Kier molecular flexibility index (Phi) is 12.8. The number of rotatable bonds is 6. The summed E-state index contributed by atoms with van der Waals surface area (Å²) in [7, 11) is 5.11. The molecule has 1 aliphatic rings. The highest BCUT2D eigenvalue weighted by Gasteiger charge is 2.31. The average Bonchev–Trinajstić information content (AvgIpc) is 3.39. The van der Waals surface area contributed by atoms with Gasteiger partial charge >= 0.3 is 6.09 Å². The predicted molar refractivity (Wildman–Crippen MR) is 171 cm³/mol. The van der Waals surface area contributed by atoms with Crippen molar-refractivity contribution in [3.8, 4) is 5.75 Å². The smallest absolute Gasteiger partial charge is 0.410 e. The number of hydrogen-bond donors (Lipinski definition) is 0. The molecule has 0 radical (unpaired) electrons. The molecule has 4 amide bonds. The van der Waals surface area contributed by atoms with Gasteiger partial charge in [-0.3, -0.25) is 19.1 Å². The number of likely N-dealkylation sites (N-methyl/N-ethyl adjacent to an activating group) is 3. The predicted octanol–water partition coefficient (Wildman–Crippen LogP) is 3.83. The summed E-state index contributed by atoms with van der Waals surface area (Å²) in [5.74, 6) is -0.167. The Labute approximate surface area is 267 Å². The van der Waals surface area contributed by atoms with Gasteiger partial charge in [-0.25, -0.2) is 4.79 Å². The van der Waals surface area contributed by atoms with Gasteiger partial charge in [0, 0.05) is 53.5 Å². The van der Waals surface area contributed by atoms with Gasteiger partial charge < -0.3 is 29.1 Å². The van der Waals surface area contributed by atoms with Crippen LogP contribution in [0.5, 0.6) is 5.75 Å². The molecule has 2 heterocycles. The molecule has 248 valence electrons. The van der Waals surface area contributed by atoms with Gasteiger partial charge in [0.25, 0.3) is 5.91 Å². The minimum Gasteiger partial charge on any atom is -0.493 e. The highest BCUT2D eigenvalue weighted by atomic mass is 16.6. The number of amides is 4. The van der Waals surface area contributed by atoms with E-state index in [1.54, 1.807) is 71.0 Å². The van der Waals surface area contributed by atoms with E-state index in [-0.39, 0.29) is 30.4 Å². The fourth-order valence-electron chi connectivity index (χ4n) is 5.12. The lowest BCUT2D eigenvalue weighted by Gasteiger charge is -2.32. The summed E-state index contributed by atoms with van der Waals surface area (Å²) in [5, 5.41) is 4.19. The van der Waals surface area contributed by atoms with Crippen LogP contribution in [0.3, 0.4) is 0 Å². The van der Waals surface area contributed by atoms with Crippen molar-refractivity contribution in [2.75, 3.05) is 53.9 Å². The highest BCUT2D eigenvalue weighted by molar-refractivity contribution is 5.99. The summed E-state index contributed by atoms with van der Waals surface area (Å²) in [6, 6.07) is 6.25. The van der Waals surface area contributed by atoms with Crippen molar-refractivity contribution < 1.29 is 28.7 Å². The van der Waals surface area contributed by atoms with Crippen LogP contribution in [0.2, 0.25) is 0 Å². The van der Waals surface area contributed by atoms with Crippen molar-refractivity contribution in [3.63, 3.8) is 0 Å². The number of fused-ring (bicyclic) bond motifs is 1. The van der Waals surface area contributed by atoms with Crippen molar-refractivity contribution in [3.05, 3.63) is 47.8 Å². The van der Waals surface area contributed by atoms with E-state index in [0.29, 0.717) is 76.2 Å². The van der Waals surface area contributed by atoms with Crippen molar-refractivity contribution in [1.82, 2.24) is 29.4 Å². The van der Waals surface area contributed by atoms with Crippen LogP contribution >= 0.6 is 0 Å². The Morgan fingerprint density at radius 1 is 1.07 bits per heavy atom. The summed E-state index contributed by atoms with van der Waals surface area (Å²) in [6.45, 7) is 9.71. The quantitative estimate of drug-likeness (QED) is 0.479. The molecule has 0 unspecified atom stereocenters. The Morgan fingerprint density at radius 3 is 2.44 bits per heavy atom. The number of hydrogen-bond acceptors (Lipinski definition) is 7. The zero-order chi connectivity index (χ0) is 33.1. The summed E-state index contributed by atoms with van der Waals surface area (Å²) < 4.78 is 13.3. The van der Waals surface area contributed by atoms with Gasteiger partial charge in [-0.2, -0.15) is 5.10 Å². The Morgan fingerprint density at radius 2 is 1.76 bits per heavy atom. The van der Waals surface area contributed by atoms with Gasteiger partial charge in [-0.05, 0) is 77.5 Å². The van der Waals surface area contributed by atoms with Gasteiger partial charge in [-0.1, -0.05) is 12.1 Å². The molecule has 0 aliphatic carbocycles. The van der Waals surface area contributed by atoms with E-state index in [2.05, 4.69) is 5.10 Å². The monoisotopic (exact) mass is 626 g/mol. The third-order valence-electron chi connectivity index (χ3n) is 7.68. The van der Waals surface area contributed by atoms with E-state index in [1.807, 2.05) is 33.9 Å². The van der Waals surface area contributed by atoms with Crippen molar-refractivity contribution >= 4 is 23.8 Å². The van der Waals surface area contributed by atoms with E-state index in [0.717, 1.165) is 5.56 Å². The van der Waals surface area contributed by atoms with Crippen molar-refractivity contribution in [2.45, 2.75) is 78.0 Å². The molecular weight excluding hydrogens is 576 g/mol. The van der Waals surface area contributed by atoms with Crippen LogP contribution in [-0.4, -0.2) is 119 Å². The number of para-hydroxylation sites is 1. The fourth-order valence-corrected chi connectivity index (χ4v) is 5.12. The largest absolute Gasteiger partial charge is 0.493 e. The summed E-state index contributed by atoms with van der Waals surface area (Å²) in [5.41, 5.74) is 0.725. The van der Waals surface area contributed by atoms with Crippen LogP contribution in [0, 0.1) is 6.92 Å². The molecule has 0 saturated heterocycles. The van der Waals surface area contributed by atoms with Crippen LogP contribution in [-0.2, 0) is 20.9 Å². The first-order valence-corrected chi connectivity index (χ1v) is 15.7. The number of nitrogens with zero attached hydrogens (tertiary/aromatic N) is 6. The molecule has 1 aliphatic heterocycles. The molecule has 1 aromatic carbocycles. The number of ether oxygens (including phenoxy) is 2. The van der Waals surface area contributed by atoms with E-state index >= 15 is 0 Å². The molecule has 0 N–H and O–H groups in total. The van der Waals surface area contributed by atoms with E-state index in [9.17, 15) is 19.2 Å². The zero-order valence-electron chi connectivity index (χ0n) is 28.0. The fraction of sp³-hybridized carbons (Fsp3) is 0.606. The second kappa shape index (κ2) is 16.3. The molecule has 0 fully saturated rings. The maximum absolute atomic E-state index is 13.8. The lowest BCUT2D eigenvalue weighted by atomic mass is 10.1. The molecule has 45 heavy (non-hydrogen) atoms. The zero-order valence-corrected chi connectivity index (χ0v) is 28.0. The molecule has 0 saturated carbocycles. The second-order valence-electron chi connectivity index (χ2n) is 12.7. The molecule has 0 bridgehead atoms. The normalized spacial score (nSPS) is 17.5. The second-order valence-corrected chi connectivity index (χ2v) is 12.7. The molecular formula is C33H50N6O6. The van der Waals surface area contributed by atoms with Crippen LogP contribution in [0.25, 0.3) is 0 Å². The molecule has 0 spiro atoms. The Hall–Kier alpha value is -4.09. The minimum atomic E-state index is -0.737. The number of carbonyl (C=O) groups excluding carboxylic acids is 4. The summed E-state index contributed by atoms with van der Waals surface area (Å²) >= 11 is 0. The van der Waals surface area contributed by atoms with Gasteiger partial charge in [0.1, 0.15) is 23.9 Å². The van der Waals surface area contributed by atoms with E-state index in [4.69, 9.17) is 9.47 Å². The number of carbonyl (C=O) groups is 4. The lowest BCUT2D eigenvalue weighted by Crippen LogP contribution is -2.49. The summed E-state index contributed by atoms with van der Waals surface area (Å²) in [6.07, 6.45) is 5.96. The molecule has 3 rings (SSSR count). The van der Waals surface area contributed by atoms with Crippen LogP contribution in [0.4, 0.5) is 4.79 Å². The van der Waals surface area contributed by atoms with Crippen LogP contribution < -0.4 is 4.74 Å². The molecule has 12 nitrogen and oxygen atoms in total. The highest BCUT2D eigenvalue weighted by Crippen LogP contribution is 2.23. The Bertz CT molecular complexity index is 1300. The van der Waals surface area contributed by atoms with Gasteiger partial charge in [0.15, 0.2) is 0 Å². The average molecular weight is 627 g/mol. The number of aromatic nitrogens is 2. The number of benzene rings is 1. The maximum Gasteiger partial charge on any atom is 0.410 e. The third-order valence-corrected chi connectivity index (χ3v) is 7.68. The minimum absolute atomic E-state index is 0.0875. The molecule has 12 heteroatoms. The molecule has 1 atom stereocenters. The van der Waals surface area contributed by atoms with Gasteiger partial charge in [-0.15, -0.1) is 0 Å². The lowest BCUT2D eigenvalue weighted by molar-refractivity contribution is -0.134. The first-order chi connectivity index (χ1) is 21.3. The summed E-state index contributed by atoms with van der Waals surface area (Å²) in [4.78, 5) is 59.7. The first kappa shape index (κ1) is 35.4.